The third kappa shape index (κ3) is 4.83. The standard InChI is InChI=1S/C31H36N2O3/c1-30(2,3)36-29(34)28(17-18-33-19-21-35-22-20-33)32-31(23-11-5-4-6-12-23)26-15-9-7-13-24(26)25-14-8-10-16-27(25)31/h4-16,28,32H,17-22H2,1-3H3/t28-/m0/s1. The minimum absolute atomic E-state index is 0.215. The van der Waals surface area contributed by atoms with E-state index in [1.165, 1.54) is 11.1 Å². The van der Waals surface area contributed by atoms with Crippen molar-refractivity contribution >= 4 is 5.97 Å². The molecular weight excluding hydrogens is 448 g/mol. The molecule has 1 aliphatic heterocycles. The van der Waals surface area contributed by atoms with Gasteiger partial charge in [0.1, 0.15) is 11.6 Å². The highest BCUT2D eigenvalue weighted by atomic mass is 16.6. The maximum absolute atomic E-state index is 13.7. The molecule has 3 aromatic rings. The highest BCUT2D eigenvalue weighted by Crippen LogP contribution is 2.51. The Kier molecular flexibility index (Phi) is 6.98. The van der Waals surface area contributed by atoms with Gasteiger partial charge in [-0.05, 0) is 55.0 Å². The van der Waals surface area contributed by atoms with Gasteiger partial charge in [0, 0.05) is 19.6 Å². The Hall–Kier alpha value is -2.99. The van der Waals surface area contributed by atoms with E-state index in [9.17, 15) is 4.79 Å². The first-order chi connectivity index (χ1) is 17.4. The zero-order valence-corrected chi connectivity index (χ0v) is 21.5. The number of carbonyl (C=O) groups is 1. The largest absolute Gasteiger partial charge is 0.459 e. The summed E-state index contributed by atoms with van der Waals surface area (Å²) in [6.07, 6.45) is 0.647. The lowest BCUT2D eigenvalue weighted by Gasteiger charge is -2.38. The van der Waals surface area contributed by atoms with E-state index in [0.29, 0.717) is 6.42 Å². The molecule has 0 aromatic heterocycles. The number of morpholine rings is 1. The molecule has 1 aliphatic carbocycles. The lowest BCUT2D eigenvalue weighted by atomic mass is 9.79. The van der Waals surface area contributed by atoms with Crippen LogP contribution in [0.1, 0.15) is 43.9 Å². The zero-order valence-electron chi connectivity index (χ0n) is 21.5. The number of nitrogens with zero attached hydrogens (tertiary/aromatic N) is 1. The fraction of sp³-hybridized carbons (Fsp3) is 0.387. The number of nitrogens with one attached hydrogen (secondary N) is 1. The number of rotatable bonds is 7. The van der Waals surface area contributed by atoms with E-state index < -0.39 is 17.2 Å². The minimum atomic E-state index is -0.666. The van der Waals surface area contributed by atoms with Gasteiger partial charge in [0.15, 0.2) is 0 Å². The van der Waals surface area contributed by atoms with Crippen LogP contribution < -0.4 is 5.32 Å². The van der Waals surface area contributed by atoms with E-state index in [4.69, 9.17) is 9.47 Å². The number of carbonyl (C=O) groups excluding carboxylic acids is 1. The van der Waals surface area contributed by atoms with Crippen LogP contribution >= 0.6 is 0 Å². The van der Waals surface area contributed by atoms with Gasteiger partial charge < -0.3 is 9.47 Å². The highest BCUT2D eigenvalue weighted by Gasteiger charge is 2.47. The molecule has 36 heavy (non-hydrogen) atoms. The summed E-state index contributed by atoms with van der Waals surface area (Å²) in [4.78, 5) is 16.1. The van der Waals surface area contributed by atoms with Crippen LogP contribution in [0.5, 0.6) is 0 Å². The summed E-state index contributed by atoms with van der Waals surface area (Å²) in [6, 6.07) is 27.0. The Morgan fingerprint density at radius 2 is 1.47 bits per heavy atom. The highest BCUT2D eigenvalue weighted by molar-refractivity contribution is 5.84. The average Bonchev–Trinajstić information content (AvgIpc) is 3.17. The molecule has 1 N–H and O–H groups in total. The minimum Gasteiger partial charge on any atom is -0.459 e. The molecule has 188 valence electrons. The first-order valence-corrected chi connectivity index (χ1v) is 12.9. The molecule has 0 bridgehead atoms. The van der Waals surface area contributed by atoms with Gasteiger partial charge in [-0.2, -0.15) is 0 Å². The van der Waals surface area contributed by atoms with Crippen LogP contribution in [0.25, 0.3) is 11.1 Å². The first kappa shape index (κ1) is 24.7. The van der Waals surface area contributed by atoms with Gasteiger partial charge in [-0.1, -0.05) is 78.9 Å². The molecule has 3 aromatic carbocycles. The van der Waals surface area contributed by atoms with Crippen molar-refractivity contribution in [3.63, 3.8) is 0 Å². The van der Waals surface area contributed by atoms with Crippen molar-refractivity contribution in [3.8, 4) is 11.1 Å². The molecule has 5 rings (SSSR count). The van der Waals surface area contributed by atoms with Crippen molar-refractivity contribution in [1.82, 2.24) is 10.2 Å². The Labute approximate surface area is 214 Å². The average molecular weight is 485 g/mol. The lowest BCUT2D eigenvalue weighted by molar-refractivity contribution is -0.158. The van der Waals surface area contributed by atoms with Gasteiger partial charge in [-0.15, -0.1) is 0 Å². The summed E-state index contributed by atoms with van der Waals surface area (Å²) < 4.78 is 11.5. The summed E-state index contributed by atoms with van der Waals surface area (Å²) in [5.41, 5.74) is 4.60. The fourth-order valence-electron chi connectivity index (χ4n) is 5.49. The molecule has 1 atom stereocenters. The third-order valence-electron chi connectivity index (χ3n) is 7.08. The summed E-state index contributed by atoms with van der Waals surface area (Å²) >= 11 is 0. The second kappa shape index (κ2) is 10.2. The van der Waals surface area contributed by atoms with Crippen molar-refractivity contribution in [2.75, 3.05) is 32.8 Å². The molecular formula is C31H36N2O3. The van der Waals surface area contributed by atoms with Crippen LogP contribution in [-0.2, 0) is 19.8 Å². The Morgan fingerprint density at radius 3 is 2.06 bits per heavy atom. The van der Waals surface area contributed by atoms with Crippen molar-refractivity contribution < 1.29 is 14.3 Å². The number of hydrogen-bond donors (Lipinski definition) is 1. The molecule has 1 heterocycles. The Balaban J connectivity index is 1.59. The second-order valence-corrected chi connectivity index (χ2v) is 10.7. The first-order valence-electron chi connectivity index (χ1n) is 12.9. The van der Waals surface area contributed by atoms with Crippen LogP contribution in [0.2, 0.25) is 0 Å². The number of hydrogen-bond acceptors (Lipinski definition) is 5. The van der Waals surface area contributed by atoms with Crippen LogP contribution in [0, 0.1) is 0 Å². The van der Waals surface area contributed by atoms with Gasteiger partial charge >= 0.3 is 5.97 Å². The number of ether oxygens (including phenoxy) is 2. The molecule has 2 aliphatic rings. The Morgan fingerprint density at radius 1 is 0.917 bits per heavy atom. The summed E-state index contributed by atoms with van der Waals surface area (Å²) in [5.74, 6) is -0.215. The molecule has 0 unspecified atom stereocenters. The van der Waals surface area contributed by atoms with Crippen molar-refractivity contribution in [2.24, 2.45) is 0 Å². The lowest BCUT2D eigenvalue weighted by Crippen LogP contribution is -2.54. The predicted octanol–water partition coefficient (Wildman–Crippen LogP) is 4.98. The van der Waals surface area contributed by atoms with Gasteiger partial charge in [-0.25, -0.2) is 0 Å². The molecule has 0 saturated carbocycles. The molecule has 0 amide bonds. The third-order valence-corrected chi connectivity index (χ3v) is 7.08. The molecule has 1 fully saturated rings. The topological polar surface area (TPSA) is 50.8 Å². The van der Waals surface area contributed by atoms with Gasteiger partial charge in [-0.3, -0.25) is 15.0 Å². The van der Waals surface area contributed by atoms with Crippen LogP contribution in [0.4, 0.5) is 0 Å². The molecule has 0 radical (unpaired) electrons. The van der Waals surface area contributed by atoms with E-state index in [2.05, 4.69) is 83.0 Å². The van der Waals surface area contributed by atoms with Crippen molar-refractivity contribution in [3.05, 3.63) is 95.6 Å². The van der Waals surface area contributed by atoms with Crippen LogP contribution in [0.3, 0.4) is 0 Å². The molecule has 0 spiro atoms. The van der Waals surface area contributed by atoms with E-state index >= 15 is 0 Å². The summed E-state index contributed by atoms with van der Waals surface area (Å²) in [6.45, 7) is 9.82. The van der Waals surface area contributed by atoms with E-state index in [1.807, 2.05) is 26.8 Å². The van der Waals surface area contributed by atoms with Crippen molar-refractivity contribution in [2.45, 2.75) is 44.4 Å². The normalized spacial score (nSPS) is 17.8. The number of fused-ring (bicyclic) bond motifs is 3. The SMILES string of the molecule is CC(C)(C)OC(=O)[C@H](CCN1CCOCC1)NC1(c2ccccc2)c2ccccc2-c2ccccc21. The number of benzene rings is 3. The maximum atomic E-state index is 13.7. The Bertz CT molecular complexity index is 1150. The smallest absolute Gasteiger partial charge is 0.323 e. The summed E-state index contributed by atoms with van der Waals surface area (Å²) in [7, 11) is 0. The zero-order chi connectivity index (χ0) is 25.2. The number of esters is 1. The fourth-order valence-corrected chi connectivity index (χ4v) is 5.49. The quantitative estimate of drug-likeness (QED) is 0.480. The summed E-state index contributed by atoms with van der Waals surface area (Å²) in [5, 5.41) is 3.89. The van der Waals surface area contributed by atoms with Crippen molar-refractivity contribution in [1.29, 1.82) is 0 Å². The second-order valence-electron chi connectivity index (χ2n) is 10.7. The monoisotopic (exact) mass is 484 g/mol. The van der Waals surface area contributed by atoms with E-state index in [1.54, 1.807) is 0 Å². The molecule has 1 saturated heterocycles. The maximum Gasteiger partial charge on any atom is 0.323 e. The van der Waals surface area contributed by atoms with Crippen LogP contribution in [-0.4, -0.2) is 55.4 Å². The molecule has 5 heteroatoms. The molecule has 5 nitrogen and oxygen atoms in total. The van der Waals surface area contributed by atoms with E-state index in [0.717, 1.165) is 49.5 Å². The van der Waals surface area contributed by atoms with Gasteiger partial charge in [0.2, 0.25) is 0 Å². The predicted molar refractivity (Wildman–Crippen MR) is 143 cm³/mol. The van der Waals surface area contributed by atoms with E-state index in [-0.39, 0.29) is 5.97 Å². The van der Waals surface area contributed by atoms with Crippen LogP contribution in [0.15, 0.2) is 78.9 Å². The van der Waals surface area contributed by atoms with Gasteiger partial charge in [0.25, 0.3) is 0 Å². The van der Waals surface area contributed by atoms with Gasteiger partial charge in [0.05, 0.1) is 18.8 Å².